The number of fused-ring (bicyclic) bond motifs is 1. The normalized spacial score (nSPS) is 11.0. The second-order valence-corrected chi connectivity index (χ2v) is 7.19. The molecule has 0 bridgehead atoms. The molecule has 0 unspecified atom stereocenters. The first-order chi connectivity index (χ1) is 14.0. The Morgan fingerprint density at radius 1 is 1.03 bits per heavy atom. The van der Waals surface area contributed by atoms with E-state index < -0.39 is 0 Å². The lowest BCUT2D eigenvalue weighted by atomic mass is 10.1. The third-order valence-corrected chi connectivity index (χ3v) is 4.88. The highest BCUT2D eigenvalue weighted by Crippen LogP contribution is 2.12. The number of carbonyl (C=O) groups excluding carboxylic acids is 1. The molecule has 4 rings (SSSR count). The van der Waals surface area contributed by atoms with Crippen molar-refractivity contribution in [2.24, 2.45) is 0 Å². The van der Waals surface area contributed by atoms with E-state index in [1.54, 1.807) is 6.07 Å². The van der Waals surface area contributed by atoms with E-state index in [-0.39, 0.29) is 17.0 Å². The SMILES string of the molecule is Cc1cc(C)n(Cc2cccc(CNC(=O)c3cc4ccccc4[nH]c3=O)c2)n1. The van der Waals surface area contributed by atoms with Gasteiger partial charge in [-0.2, -0.15) is 5.10 Å². The maximum atomic E-state index is 12.6. The first-order valence-corrected chi connectivity index (χ1v) is 9.49. The van der Waals surface area contributed by atoms with E-state index in [1.807, 2.05) is 73.1 Å². The number of nitrogens with one attached hydrogen (secondary N) is 2. The summed E-state index contributed by atoms with van der Waals surface area (Å²) in [6, 6.07) is 19.1. The lowest BCUT2D eigenvalue weighted by molar-refractivity contribution is 0.0949. The minimum absolute atomic E-state index is 0.113. The van der Waals surface area contributed by atoms with Crippen molar-refractivity contribution in [1.29, 1.82) is 0 Å². The fraction of sp³-hybridized carbons (Fsp3) is 0.174. The molecular weight excluding hydrogens is 364 g/mol. The fourth-order valence-corrected chi connectivity index (χ4v) is 3.44. The summed E-state index contributed by atoms with van der Waals surface area (Å²) in [5.41, 5.74) is 4.61. The maximum Gasteiger partial charge on any atom is 0.261 e. The van der Waals surface area contributed by atoms with E-state index in [1.165, 1.54) is 0 Å². The zero-order valence-electron chi connectivity index (χ0n) is 16.4. The van der Waals surface area contributed by atoms with Gasteiger partial charge in [0.15, 0.2) is 0 Å². The van der Waals surface area contributed by atoms with Gasteiger partial charge >= 0.3 is 0 Å². The van der Waals surface area contributed by atoms with Crippen molar-refractivity contribution in [3.63, 3.8) is 0 Å². The standard InChI is InChI=1S/C23H22N4O2/c1-15-10-16(2)27(26-15)14-18-7-5-6-17(11-18)13-24-22(28)20-12-19-8-3-4-9-21(19)25-23(20)29/h3-12H,13-14H2,1-2H3,(H,24,28)(H,25,29). The Labute approximate surface area is 168 Å². The smallest absolute Gasteiger partial charge is 0.261 e. The van der Waals surface area contributed by atoms with Crippen molar-refractivity contribution in [2.45, 2.75) is 26.9 Å². The molecule has 0 aliphatic carbocycles. The van der Waals surface area contributed by atoms with Crippen molar-refractivity contribution in [3.8, 4) is 0 Å². The van der Waals surface area contributed by atoms with Gasteiger partial charge in [0, 0.05) is 17.8 Å². The summed E-state index contributed by atoms with van der Waals surface area (Å²) in [6.45, 7) is 5.02. The van der Waals surface area contributed by atoms with Gasteiger partial charge in [0.2, 0.25) is 0 Å². The number of benzene rings is 2. The predicted octanol–water partition coefficient (Wildman–Crippen LogP) is 3.32. The van der Waals surface area contributed by atoms with Gasteiger partial charge < -0.3 is 10.3 Å². The van der Waals surface area contributed by atoms with Crippen LogP contribution in [0.2, 0.25) is 0 Å². The van der Waals surface area contributed by atoms with Crippen LogP contribution < -0.4 is 10.9 Å². The third-order valence-electron chi connectivity index (χ3n) is 4.88. The number of pyridine rings is 1. The first-order valence-electron chi connectivity index (χ1n) is 9.49. The number of amides is 1. The summed E-state index contributed by atoms with van der Waals surface area (Å²) >= 11 is 0. The van der Waals surface area contributed by atoms with Gasteiger partial charge in [-0.1, -0.05) is 42.5 Å². The van der Waals surface area contributed by atoms with Crippen LogP contribution in [0.25, 0.3) is 10.9 Å². The van der Waals surface area contributed by atoms with Crippen molar-refractivity contribution in [2.75, 3.05) is 0 Å². The largest absolute Gasteiger partial charge is 0.348 e. The van der Waals surface area contributed by atoms with Crippen LogP contribution in [0.5, 0.6) is 0 Å². The minimum atomic E-state index is -0.389. The Kier molecular flexibility index (Phi) is 4.99. The summed E-state index contributed by atoms with van der Waals surface area (Å²) in [5.74, 6) is -0.388. The number of H-pyrrole nitrogens is 1. The topological polar surface area (TPSA) is 79.8 Å². The molecule has 2 heterocycles. The molecule has 0 saturated carbocycles. The zero-order valence-corrected chi connectivity index (χ0v) is 16.4. The van der Waals surface area contributed by atoms with Crippen LogP contribution in [-0.4, -0.2) is 20.7 Å². The average molecular weight is 386 g/mol. The molecule has 0 atom stereocenters. The number of aromatic nitrogens is 3. The van der Waals surface area contributed by atoms with Crippen LogP contribution in [0.1, 0.15) is 32.9 Å². The number of para-hydroxylation sites is 1. The Balaban J connectivity index is 1.48. The summed E-state index contributed by atoms with van der Waals surface area (Å²) in [7, 11) is 0. The Morgan fingerprint density at radius 3 is 2.62 bits per heavy atom. The highest BCUT2D eigenvalue weighted by atomic mass is 16.2. The van der Waals surface area contributed by atoms with Gasteiger partial charge in [-0.3, -0.25) is 14.3 Å². The summed E-state index contributed by atoms with van der Waals surface area (Å²) in [4.78, 5) is 27.6. The quantitative estimate of drug-likeness (QED) is 0.552. The Hall–Kier alpha value is -3.67. The second kappa shape index (κ2) is 7.75. The van der Waals surface area contributed by atoms with Gasteiger partial charge in [0.1, 0.15) is 5.56 Å². The van der Waals surface area contributed by atoms with Crippen LogP contribution in [-0.2, 0) is 13.1 Å². The summed E-state index contributed by atoms with van der Waals surface area (Å²) in [5, 5.41) is 8.16. The van der Waals surface area contributed by atoms with Crippen LogP contribution in [0, 0.1) is 13.8 Å². The van der Waals surface area contributed by atoms with Gasteiger partial charge in [0.25, 0.3) is 11.5 Å². The minimum Gasteiger partial charge on any atom is -0.348 e. The molecule has 2 N–H and O–H groups in total. The van der Waals surface area contributed by atoms with Crippen molar-refractivity contribution in [1.82, 2.24) is 20.1 Å². The molecule has 6 nitrogen and oxygen atoms in total. The molecular formula is C23H22N4O2. The van der Waals surface area contributed by atoms with Crippen LogP contribution in [0.4, 0.5) is 0 Å². The third kappa shape index (κ3) is 4.11. The van der Waals surface area contributed by atoms with Gasteiger partial charge in [0.05, 0.1) is 12.2 Å². The van der Waals surface area contributed by atoms with Gasteiger partial charge in [-0.15, -0.1) is 0 Å². The molecule has 4 aromatic rings. The maximum absolute atomic E-state index is 12.6. The molecule has 2 aromatic heterocycles. The molecule has 0 aliphatic heterocycles. The molecule has 29 heavy (non-hydrogen) atoms. The van der Waals surface area contributed by atoms with E-state index >= 15 is 0 Å². The number of hydrogen-bond acceptors (Lipinski definition) is 3. The molecule has 2 aromatic carbocycles. The number of carbonyl (C=O) groups is 1. The van der Waals surface area contributed by atoms with E-state index in [0.717, 1.165) is 27.9 Å². The fourth-order valence-electron chi connectivity index (χ4n) is 3.44. The Bertz CT molecular complexity index is 1250. The van der Waals surface area contributed by atoms with Crippen molar-refractivity contribution >= 4 is 16.8 Å². The predicted molar refractivity (Wildman–Crippen MR) is 113 cm³/mol. The van der Waals surface area contributed by atoms with Crippen molar-refractivity contribution < 1.29 is 4.79 Å². The highest BCUT2D eigenvalue weighted by Gasteiger charge is 2.12. The highest BCUT2D eigenvalue weighted by molar-refractivity contribution is 5.97. The molecule has 6 heteroatoms. The summed E-state index contributed by atoms with van der Waals surface area (Å²) < 4.78 is 1.96. The van der Waals surface area contributed by atoms with E-state index in [2.05, 4.69) is 15.4 Å². The Morgan fingerprint density at radius 2 is 1.83 bits per heavy atom. The zero-order chi connectivity index (χ0) is 20.4. The molecule has 0 spiro atoms. The van der Waals surface area contributed by atoms with Crippen LogP contribution in [0.3, 0.4) is 0 Å². The van der Waals surface area contributed by atoms with E-state index in [9.17, 15) is 9.59 Å². The van der Waals surface area contributed by atoms with Crippen LogP contribution in [0.15, 0.2) is 65.5 Å². The first kappa shape index (κ1) is 18.7. The molecule has 1 amide bonds. The number of nitrogens with zero attached hydrogens (tertiary/aromatic N) is 2. The number of hydrogen-bond donors (Lipinski definition) is 2. The lowest BCUT2D eigenvalue weighted by Gasteiger charge is -2.09. The molecule has 0 fully saturated rings. The molecule has 0 saturated heterocycles. The molecule has 0 aliphatic rings. The number of aryl methyl sites for hydroxylation is 2. The summed E-state index contributed by atoms with van der Waals surface area (Å²) in [6.07, 6.45) is 0. The van der Waals surface area contributed by atoms with E-state index in [4.69, 9.17) is 0 Å². The number of rotatable bonds is 5. The second-order valence-electron chi connectivity index (χ2n) is 7.19. The average Bonchev–Trinajstić information content (AvgIpc) is 3.02. The van der Waals surface area contributed by atoms with Gasteiger partial charge in [-0.05, 0) is 48.6 Å². The van der Waals surface area contributed by atoms with Gasteiger partial charge in [-0.25, -0.2) is 0 Å². The monoisotopic (exact) mass is 386 g/mol. The number of aromatic amines is 1. The molecule has 146 valence electrons. The van der Waals surface area contributed by atoms with Crippen molar-refractivity contribution in [3.05, 3.63) is 99.1 Å². The van der Waals surface area contributed by atoms with E-state index in [0.29, 0.717) is 18.6 Å². The molecule has 0 radical (unpaired) electrons. The van der Waals surface area contributed by atoms with Crippen LogP contribution >= 0.6 is 0 Å². The lowest BCUT2D eigenvalue weighted by Crippen LogP contribution is -2.29.